The van der Waals surface area contributed by atoms with Crippen molar-refractivity contribution in [2.45, 2.75) is 0 Å². The minimum Gasteiger partial charge on any atom is -0.395 e. The number of methoxy groups -OCH3 is 1. The maximum absolute atomic E-state index is 13.5. The highest BCUT2D eigenvalue weighted by molar-refractivity contribution is 6.30. The van der Waals surface area contributed by atoms with Gasteiger partial charge in [0.25, 0.3) is 0 Å². The number of carbonyl (C=O) groups is 1. The zero-order valence-electron chi connectivity index (χ0n) is 10.8. The molecule has 1 aromatic carbocycles. The number of rotatable bonds is 6. The second-order valence-electron chi connectivity index (χ2n) is 3.88. The number of urea groups is 1. The summed E-state index contributed by atoms with van der Waals surface area (Å²) in [5.74, 6) is -1.95. The number of aliphatic hydroxyl groups excluding tert-OH is 1. The summed E-state index contributed by atoms with van der Waals surface area (Å²) in [4.78, 5) is 13.1. The molecule has 20 heavy (non-hydrogen) atoms. The van der Waals surface area contributed by atoms with Crippen LogP contribution in [0.25, 0.3) is 0 Å². The number of benzene rings is 1. The Balaban J connectivity index is 2.82. The van der Waals surface area contributed by atoms with Crippen molar-refractivity contribution < 1.29 is 23.4 Å². The number of nitrogens with one attached hydrogen (secondary N) is 1. The molecule has 0 radical (unpaired) electrons. The van der Waals surface area contributed by atoms with Gasteiger partial charge < -0.3 is 20.1 Å². The summed E-state index contributed by atoms with van der Waals surface area (Å²) in [6.07, 6.45) is 0. The van der Waals surface area contributed by atoms with Crippen molar-refractivity contribution in [3.63, 3.8) is 0 Å². The van der Waals surface area contributed by atoms with Crippen LogP contribution in [0.4, 0.5) is 19.3 Å². The van der Waals surface area contributed by atoms with Crippen molar-refractivity contribution in [3.8, 4) is 0 Å². The molecule has 0 fully saturated rings. The molecule has 2 N–H and O–H groups in total. The fourth-order valence-electron chi connectivity index (χ4n) is 1.48. The van der Waals surface area contributed by atoms with Crippen LogP contribution in [0, 0.1) is 11.6 Å². The lowest BCUT2D eigenvalue weighted by Crippen LogP contribution is -2.39. The first-order chi connectivity index (χ1) is 9.49. The molecule has 8 heteroatoms. The highest BCUT2D eigenvalue weighted by Crippen LogP contribution is 2.23. The number of amides is 2. The average Bonchev–Trinajstić information content (AvgIpc) is 2.38. The molecule has 0 saturated heterocycles. The van der Waals surface area contributed by atoms with E-state index in [9.17, 15) is 13.6 Å². The van der Waals surface area contributed by atoms with Crippen molar-refractivity contribution in [1.82, 2.24) is 4.90 Å². The number of carbonyl (C=O) groups excluding carboxylic acids is 1. The van der Waals surface area contributed by atoms with Crippen molar-refractivity contribution in [2.24, 2.45) is 0 Å². The summed E-state index contributed by atoms with van der Waals surface area (Å²) >= 11 is 5.49. The van der Waals surface area contributed by atoms with Gasteiger partial charge in [0.05, 0.1) is 13.2 Å². The Morgan fingerprint density at radius 1 is 1.40 bits per heavy atom. The third kappa shape index (κ3) is 4.59. The third-order valence-electron chi connectivity index (χ3n) is 2.46. The predicted molar refractivity (Wildman–Crippen MR) is 70.9 cm³/mol. The molecule has 0 spiro atoms. The number of halogens is 3. The molecule has 0 atom stereocenters. The predicted octanol–water partition coefficient (Wildman–Crippen LogP) is 2.09. The van der Waals surface area contributed by atoms with Crippen LogP contribution in [0.3, 0.4) is 0 Å². The fourth-order valence-corrected chi connectivity index (χ4v) is 1.68. The van der Waals surface area contributed by atoms with Crippen molar-refractivity contribution >= 4 is 23.3 Å². The molecule has 0 aliphatic carbocycles. The van der Waals surface area contributed by atoms with E-state index in [2.05, 4.69) is 5.32 Å². The number of hydrogen-bond acceptors (Lipinski definition) is 3. The summed E-state index contributed by atoms with van der Waals surface area (Å²) < 4.78 is 31.9. The van der Waals surface area contributed by atoms with Crippen LogP contribution in [0.15, 0.2) is 12.1 Å². The maximum Gasteiger partial charge on any atom is 0.322 e. The van der Waals surface area contributed by atoms with Crippen molar-refractivity contribution in [2.75, 3.05) is 38.7 Å². The van der Waals surface area contributed by atoms with Crippen molar-refractivity contribution in [1.29, 1.82) is 0 Å². The van der Waals surface area contributed by atoms with Crippen LogP contribution in [-0.4, -0.2) is 49.5 Å². The van der Waals surface area contributed by atoms with Gasteiger partial charge in [-0.2, -0.15) is 0 Å². The van der Waals surface area contributed by atoms with Gasteiger partial charge in [0, 0.05) is 25.2 Å². The molecule has 2 amide bonds. The quantitative estimate of drug-likeness (QED) is 0.846. The fraction of sp³-hybridized carbons (Fsp3) is 0.417. The monoisotopic (exact) mass is 308 g/mol. The highest BCUT2D eigenvalue weighted by atomic mass is 35.5. The van der Waals surface area contributed by atoms with Crippen molar-refractivity contribution in [3.05, 3.63) is 28.8 Å². The molecular formula is C12H15ClF2N2O3. The molecule has 0 aromatic heterocycles. The van der Waals surface area contributed by atoms with Crippen LogP contribution in [0.5, 0.6) is 0 Å². The molecule has 0 aliphatic rings. The first-order valence-corrected chi connectivity index (χ1v) is 6.17. The molecule has 0 bridgehead atoms. The van der Waals surface area contributed by atoms with Gasteiger partial charge in [-0.25, -0.2) is 13.6 Å². The van der Waals surface area contributed by atoms with Crippen LogP contribution >= 0.6 is 11.6 Å². The van der Waals surface area contributed by atoms with E-state index in [1.165, 1.54) is 12.0 Å². The lowest BCUT2D eigenvalue weighted by atomic mass is 10.3. The zero-order chi connectivity index (χ0) is 15.1. The SMILES string of the molecule is COCCN(CCO)C(=O)Nc1c(F)cc(Cl)cc1F. The van der Waals surface area contributed by atoms with Crippen LogP contribution in [0.1, 0.15) is 0 Å². The van der Waals surface area contributed by atoms with Gasteiger partial charge in [-0.1, -0.05) is 11.6 Å². The van der Waals surface area contributed by atoms with E-state index < -0.39 is 23.4 Å². The normalized spacial score (nSPS) is 10.4. The summed E-state index contributed by atoms with van der Waals surface area (Å²) in [5.41, 5.74) is -0.584. The molecule has 0 heterocycles. The molecule has 0 saturated carbocycles. The van der Waals surface area contributed by atoms with Gasteiger partial charge in [0.2, 0.25) is 0 Å². The number of nitrogens with zero attached hydrogens (tertiary/aromatic N) is 1. The lowest BCUT2D eigenvalue weighted by Gasteiger charge is -2.22. The van der Waals surface area contributed by atoms with Gasteiger partial charge in [-0.15, -0.1) is 0 Å². The molecule has 1 aromatic rings. The van der Waals surface area contributed by atoms with Crippen LogP contribution in [-0.2, 0) is 4.74 Å². The Morgan fingerprint density at radius 2 is 2.00 bits per heavy atom. The molecule has 5 nitrogen and oxygen atoms in total. The Labute approximate surface area is 120 Å². The zero-order valence-corrected chi connectivity index (χ0v) is 11.6. The first kappa shape index (κ1) is 16.6. The van der Waals surface area contributed by atoms with E-state index in [-0.39, 0.29) is 31.3 Å². The Morgan fingerprint density at radius 3 is 2.50 bits per heavy atom. The Kier molecular flexibility index (Phi) is 6.63. The largest absolute Gasteiger partial charge is 0.395 e. The number of anilines is 1. The topological polar surface area (TPSA) is 61.8 Å². The standard InChI is InChI=1S/C12H15ClF2N2O3/c1-20-5-3-17(2-4-18)12(19)16-11-9(14)6-8(13)7-10(11)15/h6-7,18H,2-5H2,1H3,(H,16,19). The second kappa shape index (κ2) is 7.98. The summed E-state index contributed by atoms with van der Waals surface area (Å²) in [7, 11) is 1.45. The van der Waals surface area contributed by atoms with E-state index >= 15 is 0 Å². The number of ether oxygens (including phenoxy) is 1. The van der Waals surface area contributed by atoms with Crippen LogP contribution < -0.4 is 5.32 Å². The highest BCUT2D eigenvalue weighted by Gasteiger charge is 2.18. The summed E-state index contributed by atoms with van der Waals surface area (Å²) in [6.45, 7) is 0.160. The van der Waals surface area contributed by atoms with Gasteiger partial charge >= 0.3 is 6.03 Å². The summed E-state index contributed by atoms with van der Waals surface area (Å²) in [5, 5.41) is 10.9. The van der Waals surface area contributed by atoms with E-state index in [0.717, 1.165) is 12.1 Å². The number of aliphatic hydroxyl groups is 1. The van der Waals surface area contributed by atoms with Gasteiger partial charge in [-0.05, 0) is 12.1 Å². The Hall–Kier alpha value is -1.44. The lowest BCUT2D eigenvalue weighted by molar-refractivity contribution is 0.142. The Bertz CT molecular complexity index is 451. The van der Waals surface area contributed by atoms with Gasteiger partial charge in [0.1, 0.15) is 5.69 Å². The molecular weight excluding hydrogens is 294 g/mol. The average molecular weight is 309 g/mol. The maximum atomic E-state index is 13.5. The minimum atomic E-state index is -0.973. The van der Waals surface area contributed by atoms with E-state index in [1.807, 2.05) is 0 Å². The van der Waals surface area contributed by atoms with Gasteiger partial charge in [-0.3, -0.25) is 0 Å². The second-order valence-corrected chi connectivity index (χ2v) is 4.31. The smallest absolute Gasteiger partial charge is 0.322 e. The van der Waals surface area contributed by atoms with E-state index in [0.29, 0.717) is 0 Å². The molecule has 112 valence electrons. The van der Waals surface area contributed by atoms with Crippen LogP contribution in [0.2, 0.25) is 5.02 Å². The summed E-state index contributed by atoms with van der Waals surface area (Å²) in [6, 6.07) is 1.05. The third-order valence-corrected chi connectivity index (χ3v) is 2.68. The van der Waals surface area contributed by atoms with E-state index in [4.69, 9.17) is 21.4 Å². The van der Waals surface area contributed by atoms with Gasteiger partial charge in [0.15, 0.2) is 11.6 Å². The number of hydrogen-bond donors (Lipinski definition) is 2. The molecule has 0 unspecified atom stereocenters. The first-order valence-electron chi connectivity index (χ1n) is 5.79. The molecule has 1 rings (SSSR count). The van der Waals surface area contributed by atoms with E-state index in [1.54, 1.807) is 0 Å². The minimum absolute atomic E-state index is 0.0199. The molecule has 0 aliphatic heterocycles.